The van der Waals surface area contributed by atoms with Gasteiger partial charge in [0.2, 0.25) is 0 Å². The van der Waals surface area contributed by atoms with Crippen LogP contribution in [-0.2, 0) is 4.74 Å². The molecule has 0 saturated heterocycles. The van der Waals surface area contributed by atoms with E-state index in [-0.39, 0.29) is 6.54 Å². The fourth-order valence-electron chi connectivity index (χ4n) is 1.46. The van der Waals surface area contributed by atoms with Crippen molar-refractivity contribution in [2.45, 2.75) is 51.6 Å². The highest BCUT2D eigenvalue weighted by atomic mass is 19.4. The van der Waals surface area contributed by atoms with Crippen molar-refractivity contribution >= 4 is 0 Å². The molecule has 0 aromatic rings. The minimum Gasteiger partial charge on any atom is -0.380 e. The van der Waals surface area contributed by atoms with Gasteiger partial charge in [0, 0.05) is 13.2 Å². The lowest BCUT2D eigenvalue weighted by Crippen LogP contribution is -2.31. The molecule has 0 aromatic carbocycles. The Bertz CT molecular complexity index is 162. The highest BCUT2D eigenvalue weighted by Gasteiger charge is 2.25. The lowest BCUT2D eigenvalue weighted by Gasteiger charge is -2.08. The monoisotopic (exact) mass is 255 g/mol. The number of unbranched alkanes of at least 4 members (excludes halogenated alkanes) is 5. The predicted octanol–water partition coefficient (Wildman–Crippen LogP) is 3.52. The van der Waals surface area contributed by atoms with Gasteiger partial charge in [-0.15, -0.1) is 0 Å². The van der Waals surface area contributed by atoms with E-state index in [1.54, 1.807) is 0 Å². The molecule has 5 heteroatoms. The average Bonchev–Trinajstić information content (AvgIpc) is 2.24. The first-order valence-electron chi connectivity index (χ1n) is 6.41. The summed E-state index contributed by atoms with van der Waals surface area (Å²) in [7, 11) is 0. The first-order chi connectivity index (χ1) is 8.06. The van der Waals surface area contributed by atoms with Crippen molar-refractivity contribution in [3.05, 3.63) is 0 Å². The molecule has 0 radical (unpaired) electrons. The Kier molecular flexibility index (Phi) is 10.7. The summed E-state index contributed by atoms with van der Waals surface area (Å²) in [5.41, 5.74) is 0. The number of hydrogen-bond acceptors (Lipinski definition) is 2. The van der Waals surface area contributed by atoms with Gasteiger partial charge >= 0.3 is 6.18 Å². The molecule has 0 unspecified atom stereocenters. The Morgan fingerprint density at radius 1 is 0.941 bits per heavy atom. The van der Waals surface area contributed by atoms with Crippen molar-refractivity contribution in [3.8, 4) is 0 Å². The third-order valence-corrected chi connectivity index (χ3v) is 2.39. The van der Waals surface area contributed by atoms with Gasteiger partial charge in [-0.1, -0.05) is 39.0 Å². The van der Waals surface area contributed by atoms with E-state index in [0.717, 1.165) is 12.8 Å². The van der Waals surface area contributed by atoms with E-state index in [2.05, 4.69) is 12.2 Å². The number of ether oxygens (including phenoxy) is 1. The molecule has 0 heterocycles. The summed E-state index contributed by atoms with van der Waals surface area (Å²) in [6.45, 7) is 2.50. The Balaban J connectivity index is 2.99. The average molecular weight is 255 g/mol. The van der Waals surface area contributed by atoms with Gasteiger partial charge < -0.3 is 10.1 Å². The molecule has 0 atom stereocenters. The number of nitrogens with one attached hydrogen (secondary N) is 1. The Labute approximate surface area is 102 Å². The minimum atomic E-state index is -4.13. The third kappa shape index (κ3) is 15.7. The van der Waals surface area contributed by atoms with Crippen LogP contribution in [0.3, 0.4) is 0 Å². The second-order valence-corrected chi connectivity index (χ2v) is 4.17. The molecular weight excluding hydrogens is 231 g/mol. The van der Waals surface area contributed by atoms with Gasteiger partial charge in [-0.05, 0) is 6.42 Å². The molecule has 0 bridgehead atoms. The summed E-state index contributed by atoms with van der Waals surface area (Å²) in [5, 5.41) is 2.29. The first-order valence-corrected chi connectivity index (χ1v) is 6.41. The molecule has 0 aliphatic carbocycles. The molecule has 0 aliphatic rings. The molecule has 0 fully saturated rings. The van der Waals surface area contributed by atoms with Crippen LogP contribution >= 0.6 is 0 Å². The fraction of sp³-hybridized carbons (Fsp3) is 1.00. The fourth-order valence-corrected chi connectivity index (χ4v) is 1.46. The zero-order valence-corrected chi connectivity index (χ0v) is 10.6. The smallest absolute Gasteiger partial charge is 0.380 e. The molecule has 0 amide bonds. The molecule has 17 heavy (non-hydrogen) atoms. The van der Waals surface area contributed by atoms with Gasteiger partial charge in [-0.3, -0.25) is 0 Å². The molecule has 2 nitrogen and oxygen atoms in total. The summed E-state index contributed by atoms with van der Waals surface area (Å²) in [5.74, 6) is 0. The third-order valence-electron chi connectivity index (χ3n) is 2.39. The highest BCUT2D eigenvalue weighted by Crippen LogP contribution is 2.11. The Morgan fingerprint density at radius 2 is 1.59 bits per heavy atom. The first kappa shape index (κ1) is 16.7. The molecule has 0 aliphatic heterocycles. The van der Waals surface area contributed by atoms with Gasteiger partial charge in [0.15, 0.2) is 0 Å². The van der Waals surface area contributed by atoms with Crippen LogP contribution in [0.2, 0.25) is 0 Å². The number of rotatable bonds is 11. The maximum absolute atomic E-state index is 11.7. The van der Waals surface area contributed by atoms with E-state index >= 15 is 0 Å². The molecule has 104 valence electrons. The molecule has 1 N–H and O–H groups in total. The molecule has 0 saturated carbocycles. The second-order valence-electron chi connectivity index (χ2n) is 4.17. The maximum Gasteiger partial charge on any atom is 0.401 e. The Morgan fingerprint density at radius 3 is 2.24 bits per heavy atom. The van der Waals surface area contributed by atoms with E-state index in [1.807, 2.05) is 0 Å². The topological polar surface area (TPSA) is 21.3 Å². The van der Waals surface area contributed by atoms with E-state index in [0.29, 0.717) is 13.2 Å². The van der Waals surface area contributed by atoms with Crippen LogP contribution in [0.4, 0.5) is 13.2 Å². The van der Waals surface area contributed by atoms with Crippen LogP contribution in [0.25, 0.3) is 0 Å². The molecular formula is C12H24F3NO. The highest BCUT2D eigenvalue weighted by molar-refractivity contribution is 4.54. The van der Waals surface area contributed by atoms with Crippen LogP contribution in [0.1, 0.15) is 45.4 Å². The van der Waals surface area contributed by atoms with E-state index < -0.39 is 12.7 Å². The maximum atomic E-state index is 11.7. The van der Waals surface area contributed by atoms with Gasteiger partial charge in [0.05, 0.1) is 13.2 Å². The van der Waals surface area contributed by atoms with Crippen LogP contribution in [0.5, 0.6) is 0 Å². The van der Waals surface area contributed by atoms with Crippen LogP contribution in [0, 0.1) is 0 Å². The standard InChI is InChI=1S/C12H24F3NO/c1-2-3-4-5-6-7-9-17-10-8-16-11-12(13,14)15/h16H,2-11H2,1H3. The number of halogens is 3. The predicted molar refractivity (Wildman–Crippen MR) is 63.1 cm³/mol. The molecule has 0 aromatic heterocycles. The lowest BCUT2D eigenvalue weighted by atomic mass is 10.1. The lowest BCUT2D eigenvalue weighted by molar-refractivity contribution is -0.125. The van der Waals surface area contributed by atoms with Crippen molar-refractivity contribution in [1.29, 1.82) is 0 Å². The van der Waals surface area contributed by atoms with Crippen molar-refractivity contribution in [1.82, 2.24) is 5.32 Å². The van der Waals surface area contributed by atoms with Crippen molar-refractivity contribution in [3.63, 3.8) is 0 Å². The van der Waals surface area contributed by atoms with Crippen LogP contribution in [-0.4, -0.2) is 32.5 Å². The largest absolute Gasteiger partial charge is 0.401 e. The quantitative estimate of drug-likeness (QED) is 0.570. The zero-order chi connectivity index (χ0) is 13.0. The van der Waals surface area contributed by atoms with Gasteiger partial charge in [0.1, 0.15) is 0 Å². The van der Waals surface area contributed by atoms with Gasteiger partial charge in [-0.25, -0.2) is 0 Å². The Hall–Kier alpha value is -0.290. The minimum absolute atomic E-state index is 0.259. The summed E-state index contributed by atoms with van der Waals surface area (Å²) in [6.07, 6.45) is 3.04. The molecule has 0 spiro atoms. The summed E-state index contributed by atoms with van der Waals surface area (Å²) < 4.78 is 40.4. The zero-order valence-electron chi connectivity index (χ0n) is 10.6. The number of alkyl halides is 3. The van der Waals surface area contributed by atoms with Crippen LogP contribution < -0.4 is 5.32 Å². The van der Waals surface area contributed by atoms with Crippen molar-refractivity contribution < 1.29 is 17.9 Å². The molecule has 0 rings (SSSR count). The SMILES string of the molecule is CCCCCCCCOCCNCC(F)(F)F. The van der Waals surface area contributed by atoms with Gasteiger partial charge in [0.25, 0.3) is 0 Å². The van der Waals surface area contributed by atoms with Crippen LogP contribution in [0.15, 0.2) is 0 Å². The van der Waals surface area contributed by atoms with Gasteiger partial charge in [-0.2, -0.15) is 13.2 Å². The number of hydrogen-bond donors (Lipinski definition) is 1. The van der Waals surface area contributed by atoms with Crippen molar-refractivity contribution in [2.75, 3.05) is 26.3 Å². The second kappa shape index (κ2) is 10.8. The summed E-state index contributed by atoms with van der Waals surface area (Å²) in [6, 6.07) is 0. The van der Waals surface area contributed by atoms with E-state index in [1.165, 1.54) is 25.7 Å². The van der Waals surface area contributed by atoms with E-state index in [4.69, 9.17) is 4.74 Å². The summed E-state index contributed by atoms with van der Waals surface area (Å²) >= 11 is 0. The van der Waals surface area contributed by atoms with E-state index in [9.17, 15) is 13.2 Å². The normalized spacial score (nSPS) is 12.0. The van der Waals surface area contributed by atoms with Crippen molar-refractivity contribution in [2.24, 2.45) is 0 Å². The summed E-state index contributed by atoms with van der Waals surface area (Å²) in [4.78, 5) is 0.